The molecule has 0 amide bonds. The van der Waals surface area contributed by atoms with Gasteiger partial charge in [-0.15, -0.1) is 0 Å². The highest BCUT2D eigenvalue weighted by Gasteiger charge is 2.13. The molecule has 0 aliphatic rings. The van der Waals surface area contributed by atoms with Crippen molar-refractivity contribution in [3.63, 3.8) is 0 Å². The Morgan fingerprint density at radius 1 is 1.26 bits per heavy atom. The molecule has 0 unspecified atom stereocenters. The third kappa shape index (κ3) is 4.59. The molecule has 19 heavy (non-hydrogen) atoms. The Morgan fingerprint density at radius 3 is 2.32 bits per heavy atom. The molecule has 7 nitrogen and oxygen atoms in total. The first-order valence-corrected chi connectivity index (χ1v) is 7.17. The minimum absolute atomic E-state index is 0.0263. The number of carbonyl (C=O) groups is 2. The van der Waals surface area contributed by atoms with E-state index in [-0.39, 0.29) is 22.7 Å². The Labute approximate surface area is 110 Å². The van der Waals surface area contributed by atoms with Gasteiger partial charge in [-0.05, 0) is 18.2 Å². The fourth-order valence-electron chi connectivity index (χ4n) is 1.30. The summed E-state index contributed by atoms with van der Waals surface area (Å²) in [5.41, 5.74) is 0.100. The van der Waals surface area contributed by atoms with Crippen molar-refractivity contribution in [3.8, 4) is 0 Å². The molecule has 1 rings (SSSR count). The zero-order valence-corrected chi connectivity index (χ0v) is 11.2. The lowest BCUT2D eigenvalue weighted by Crippen LogP contribution is -2.14. The van der Waals surface area contributed by atoms with Crippen LogP contribution in [-0.2, 0) is 14.6 Å². The van der Waals surface area contributed by atoms with Crippen LogP contribution in [0, 0.1) is 0 Å². The quantitative estimate of drug-likeness (QED) is 0.762. The molecule has 0 atom stereocenters. The SMILES string of the molecule is COC(=O)c1cc(NCS(C)(=O)=O)cc(C(=O)O)c1. The van der Waals surface area contributed by atoms with Crippen molar-refractivity contribution in [2.24, 2.45) is 0 Å². The first kappa shape index (κ1) is 15.0. The smallest absolute Gasteiger partial charge is 0.337 e. The van der Waals surface area contributed by atoms with Crippen LogP contribution in [0.2, 0.25) is 0 Å². The van der Waals surface area contributed by atoms with Gasteiger partial charge < -0.3 is 15.2 Å². The highest BCUT2D eigenvalue weighted by Crippen LogP contribution is 2.16. The number of methoxy groups -OCH3 is 1. The van der Waals surface area contributed by atoms with E-state index in [9.17, 15) is 18.0 Å². The van der Waals surface area contributed by atoms with Crippen LogP contribution in [0.1, 0.15) is 20.7 Å². The third-order valence-corrected chi connectivity index (χ3v) is 2.81. The van der Waals surface area contributed by atoms with Gasteiger partial charge in [0, 0.05) is 11.9 Å². The van der Waals surface area contributed by atoms with Gasteiger partial charge in [0.25, 0.3) is 0 Å². The van der Waals surface area contributed by atoms with E-state index in [1.807, 2.05) is 0 Å². The van der Waals surface area contributed by atoms with Crippen molar-refractivity contribution >= 4 is 27.5 Å². The van der Waals surface area contributed by atoms with Gasteiger partial charge in [0.2, 0.25) is 0 Å². The summed E-state index contributed by atoms with van der Waals surface area (Å²) in [5.74, 6) is -2.30. The molecule has 2 N–H and O–H groups in total. The van der Waals surface area contributed by atoms with Gasteiger partial charge in [-0.3, -0.25) is 0 Å². The number of carboxylic acid groups (broad SMARTS) is 1. The average Bonchev–Trinajstić information content (AvgIpc) is 2.34. The van der Waals surface area contributed by atoms with Crippen molar-refractivity contribution in [1.82, 2.24) is 0 Å². The van der Waals surface area contributed by atoms with Crippen molar-refractivity contribution in [3.05, 3.63) is 29.3 Å². The van der Waals surface area contributed by atoms with E-state index in [1.165, 1.54) is 19.2 Å². The number of carbonyl (C=O) groups excluding carboxylic acids is 1. The second kappa shape index (κ2) is 5.70. The number of hydrogen-bond acceptors (Lipinski definition) is 6. The molecule has 0 heterocycles. The first-order chi connectivity index (χ1) is 8.73. The first-order valence-electron chi connectivity index (χ1n) is 5.11. The largest absolute Gasteiger partial charge is 0.478 e. The van der Waals surface area contributed by atoms with Gasteiger partial charge in [-0.1, -0.05) is 0 Å². The monoisotopic (exact) mass is 287 g/mol. The summed E-state index contributed by atoms with van der Waals surface area (Å²) in [6, 6.07) is 3.71. The van der Waals surface area contributed by atoms with Gasteiger partial charge in [-0.2, -0.15) is 0 Å². The van der Waals surface area contributed by atoms with Crippen LogP contribution in [0.4, 0.5) is 5.69 Å². The van der Waals surface area contributed by atoms with Crippen LogP contribution in [-0.4, -0.2) is 44.7 Å². The predicted molar refractivity (Wildman–Crippen MR) is 68.1 cm³/mol. The molecule has 0 saturated carbocycles. The summed E-state index contributed by atoms with van der Waals surface area (Å²) in [7, 11) is -2.10. The van der Waals surface area contributed by atoms with Gasteiger partial charge in [-0.25, -0.2) is 18.0 Å². The zero-order chi connectivity index (χ0) is 14.6. The summed E-state index contributed by atoms with van der Waals surface area (Å²) in [5, 5.41) is 11.5. The van der Waals surface area contributed by atoms with Gasteiger partial charge in [0.1, 0.15) is 5.88 Å². The molecule has 1 aromatic carbocycles. The summed E-state index contributed by atoms with van der Waals surface area (Å²) in [4.78, 5) is 22.3. The van der Waals surface area contributed by atoms with Crippen LogP contribution >= 0.6 is 0 Å². The molecule has 104 valence electrons. The number of nitrogens with one attached hydrogen (secondary N) is 1. The highest BCUT2D eigenvalue weighted by molar-refractivity contribution is 7.90. The lowest BCUT2D eigenvalue weighted by atomic mass is 10.1. The van der Waals surface area contributed by atoms with Gasteiger partial charge in [0.15, 0.2) is 9.84 Å². The summed E-state index contributed by atoms with van der Waals surface area (Å²) in [6.45, 7) is 0. The number of anilines is 1. The molecule has 0 aliphatic heterocycles. The second-order valence-corrected chi connectivity index (χ2v) is 5.98. The molecule has 0 aliphatic carbocycles. The normalized spacial score (nSPS) is 10.8. The van der Waals surface area contributed by atoms with E-state index in [2.05, 4.69) is 10.1 Å². The number of ether oxygens (including phenoxy) is 1. The second-order valence-electron chi connectivity index (χ2n) is 3.84. The van der Waals surface area contributed by atoms with Crippen molar-refractivity contribution in [1.29, 1.82) is 0 Å². The van der Waals surface area contributed by atoms with E-state index in [0.717, 1.165) is 12.3 Å². The molecular formula is C11H13NO6S. The van der Waals surface area contributed by atoms with E-state index in [0.29, 0.717) is 0 Å². The molecule has 0 fully saturated rings. The van der Waals surface area contributed by atoms with Crippen molar-refractivity contribution in [2.45, 2.75) is 0 Å². The molecule has 0 aromatic heterocycles. The molecule has 1 aromatic rings. The van der Waals surface area contributed by atoms with Crippen LogP contribution < -0.4 is 5.32 Å². The third-order valence-electron chi connectivity index (χ3n) is 2.14. The molecule has 0 spiro atoms. The van der Waals surface area contributed by atoms with Gasteiger partial charge >= 0.3 is 11.9 Å². The number of benzene rings is 1. The van der Waals surface area contributed by atoms with E-state index >= 15 is 0 Å². The Morgan fingerprint density at radius 2 is 1.84 bits per heavy atom. The van der Waals surface area contributed by atoms with E-state index in [1.54, 1.807) is 0 Å². The topological polar surface area (TPSA) is 110 Å². The highest BCUT2D eigenvalue weighted by atomic mass is 32.2. The lowest BCUT2D eigenvalue weighted by molar-refractivity contribution is 0.0601. The Kier molecular flexibility index (Phi) is 4.49. The number of carboxylic acids is 1. The number of sulfone groups is 1. The van der Waals surface area contributed by atoms with Crippen LogP contribution in [0.5, 0.6) is 0 Å². The van der Waals surface area contributed by atoms with Crippen molar-refractivity contribution < 1.29 is 27.9 Å². The summed E-state index contributed by atoms with van der Waals surface area (Å²) >= 11 is 0. The number of aromatic carboxylic acids is 1. The number of esters is 1. The number of hydrogen-bond donors (Lipinski definition) is 2. The Balaban J connectivity index is 3.13. The fourth-order valence-corrected chi connectivity index (χ4v) is 1.73. The fraction of sp³-hybridized carbons (Fsp3) is 0.273. The minimum Gasteiger partial charge on any atom is -0.478 e. The maximum absolute atomic E-state index is 11.4. The predicted octanol–water partition coefficient (Wildman–Crippen LogP) is 0.585. The lowest BCUT2D eigenvalue weighted by Gasteiger charge is -2.08. The van der Waals surface area contributed by atoms with Crippen molar-refractivity contribution in [2.75, 3.05) is 24.6 Å². The molecule has 0 bridgehead atoms. The van der Waals surface area contributed by atoms with E-state index < -0.39 is 21.8 Å². The maximum atomic E-state index is 11.4. The molecule has 0 saturated heterocycles. The minimum atomic E-state index is -3.27. The number of rotatable bonds is 5. The average molecular weight is 287 g/mol. The van der Waals surface area contributed by atoms with Crippen LogP contribution in [0.3, 0.4) is 0 Å². The Hall–Kier alpha value is -2.09. The molecule has 8 heteroatoms. The molecular weight excluding hydrogens is 274 g/mol. The summed E-state index contributed by atoms with van der Waals surface area (Å²) < 4.78 is 26.5. The standard InChI is InChI=1S/C11H13NO6S/c1-18-11(15)8-3-7(10(13)14)4-9(5-8)12-6-19(2,16)17/h3-5,12H,6H2,1-2H3,(H,13,14). The molecule has 0 radical (unpaired) electrons. The van der Waals surface area contributed by atoms with Gasteiger partial charge in [0.05, 0.1) is 18.2 Å². The van der Waals surface area contributed by atoms with Crippen LogP contribution in [0.15, 0.2) is 18.2 Å². The van der Waals surface area contributed by atoms with Crippen LogP contribution in [0.25, 0.3) is 0 Å². The zero-order valence-electron chi connectivity index (χ0n) is 10.3. The Bertz CT molecular complexity index is 608. The maximum Gasteiger partial charge on any atom is 0.337 e. The summed E-state index contributed by atoms with van der Waals surface area (Å²) in [6.07, 6.45) is 1.03. The van der Waals surface area contributed by atoms with E-state index in [4.69, 9.17) is 5.11 Å².